The van der Waals surface area contributed by atoms with E-state index in [1.54, 1.807) is 0 Å². The Hall–Kier alpha value is -0.805. The third-order valence-electron chi connectivity index (χ3n) is 3.11. The number of piperidine rings is 1. The summed E-state index contributed by atoms with van der Waals surface area (Å²) in [7, 11) is -0.310. The highest BCUT2D eigenvalue weighted by atomic mass is 16.2. The Balaban J connectivity index is 1.88. The topological polar surface area (TPSA) is 41.3 Å². The van der Waals surface area contributed by atoms with E-state index in [4.69, 9.17) is 0 Å². The average Bonchev–Trinajstić information content (AvgIpc) is 2.71. The molecule has 0 bridgehead atoms. The van der Waals surface area contributed by atoms with Crippen molar-refractivity contribution in [1.82, 2.24) is 14.4 Å². The molecule has 1 aliphatic rings. The number of hydrogen-bond donors (Lipinski definition) is 1. The minimum absolute atomic E-state index is 0.310. The molecule has 0 amide bonds. The highest BCUT2D eigenvalue weighted by molar-refractivity contribution is 6.45. The van der Waals surface area contributed by atoms with Gasteiger partial charge in [-0.25, -0.2) is 4.98 Å². The van der Waals surface area contributed by atoms with Crippen LogP contribution < -0.4 is 0 Å². The molecule has 15 heavy (non-hydrogen) atoms. The summed E-state index contributed by atoms with van der Waals surface area (Å²) in [6.07, 6.45) is 8.11. The van der Waals surface area contributed by atoms with Gasteiger partial charge in [-0.15, -0.1) is 0 Å². The van der Waals surface area contributed by atoms with Gasteiger partial charge in [-0.3, -0.25) is 0 Å². The lowest BCUT2D eigenvalue weighted by molar-refractivity contribution is 0.225. The lowest BCUT2D eigenvalue weighted by Crippen LogP contribution is -2.45. The van der Waals surface area contributed by atoms with E-state index in [2.05, 4.69) is 14.4 Å². The van der Waals surface area contributed by atoms with Crippen molar-refractivity contribution < 1.29 is 5.02 Å². The van der Waals surface area contributed by atoms with Crippen LogP contribution in [0.15, 0.2) is 18.7 Å². The van der Waals surface area contributed by atoms with Crippen molar-refractivity contribution in [3.05, 3.63) is 18.7 Å². The van der Waals surface area contributed by atoms with E-state index in [-0.39, 0.29) is 7.05 Å². The molecule has 0 spiro atoms. The fourth-order valence-corrected chi connectivity index (χ4v) is 2.28. The minimum Gasteiger partial charge on any atom is -0.437 e. The first-order valence-electron chi connectivity index (χ1n) is 5.63. The minimum atomic E-state index is -0.310. The van der Waals surface area contributed by atoms with Gasteiger partial charge in [-0.2, -0.15) is 0 Å². The van der Waals surface area contributed by atoms with Crippen molar-refractivity contribution in [3.8, 4) is 0 Å². The third kappa shape index (κ3) is 2.82. The van der Waals surface area contributed by atoms with Crippen molar-refractivity contribution in [2.45, 2.75) is 26.2 Å². The van der Waals surface area contributed by atoms with Crippen molar-refractivity contribution in [3.63, 3.8) is 0 Å². The van der Waals surface area contributed by atoms with Crippen molar-refractivity contribution >= 4 is 7.05 Å². The Morgan fingerprint density at radius 3 is 3.13 bits per heavy atom. The summed E-state index contributed by atoms with van der Waals surface area (Å²) in [5.74, 6) is 0.641. The van der Waals surface area contributed by atoms with Crippen LogP contribution in [0.3, 0.4) is 0 Å². The average molecular weight is 207 g/mol. The largest absolute Gasteiger partial charge is 0.437 e. The van der Waals surface area contributed by atoms with Gasteiger partial charge in [0.2, 0.25) is 0 Å². The van der Waals surface area contributed by atoms with Crippen LogP contribution in [0.25, 0.3) is 0 Å². The van der Waals surface area contributed by atoms with Crippen molar-refractivity contribution in [2.75, 3.05) is 13.1 Å². The molecule has 82 valence electrons. The number of nitrogens with zero attached hydrogens (tertiary/aromatic N) is 3. The molecule has 1 atom stereocenters. The van der Waals surface area contributed by atoms with Crippen LogP contribution >= 0.6 is 0 Å². The summed E-state index contributed by atoms with van der Waals surface area (Å²) in [4.78, 5) is 6.19. The smallest absolute Gasteiger partial charge is 0.376 e. The van der Waals surface area contributed by atoms with Crippen LogP contribution in [0.5, 0.6) is 0 Å². The molecule has 1 fully saturated rings. The molecule has 0 aliphatic carbocycles. The van der Waals surface area contributed by atoms with E-state index in [0.29, 0.717) is 5.92 Å². The zero-order chi connectivity index (χ0) is 10.7. The van der Waals surface area contributed by atoms with E-state index in [9.17, 15) is 5.02 Å². The highest BCUT2D eigenvalue weighted by Crippen LogP contribution is 2.18. The molecule has 2 heterocycles. The predicted molar refractivity (Wildman–Crippen MR) is 60.4 cm³/mol. The van der Waals surface area contributed by atoms with Gasteiger partial charge in [0.15, 0.2) is 0 Å². The highest BCUT2D eigenvalue weighted by Gasteiger charge is 2.24. The van der Waals surface area contributed by atoms with Crippen LogP contribution in [-0.4, -0.2) is 39.5 Å². The summed E-state index contributed by atoms with van der Waals surface area (Å²) < 4.78 is 2.12. The summed E-state index contributed by atoms with van der Waals surface area (Å²) in [5, 5.41) is 9.53. The fourth-order valence-electron chi connectivity index (χ4n) is 2.28. The van der Waals surface area contributed by atoms with E-state index in [1.807, 2.05) is 25.5 Å². The first kappa shape index (κ1) is 10.7. The monoisotopic (exact) mass is 207 g/mol. The molecule has 0 unspecified atom stereocenters. The van der Waals surface area contributed by atoms with Crippen LogP contribution in [0.1, 0.15) is 12.8 Å². The fraction of sp³-hybridized carbons (Fsp3) is 0.700. The van der Waals surface area contributed by atoms with Crippen LogP contribution in [0.2, 0.25) is 6.82 Å². The van der Waals surface area contributed by atoms with Gasteiger partial charge < -0.3 is 14.4 Å². The van der Waals surface area contributed by atoms with Gasteiger partial charge in [0.05, 0.1) is 6.33 Å². The summed E-state index contributed by atoms with van der Waals surface area (Å²) in [6.45, 7) is 4.89. The Morgan fingerprint density at radius 1 is 1.60 bits per heavy atom. The standard InChI is InChI=1S/C10H18BN3O/c1-11(15)14-5-2-3-10(8-14)7-13-6-4-12-9-13/h4,6,9-10,15H,2-3,5,7-8H2,1H3/t10-/m0/s1. The number of imidazole rings is 1. The first-order valence-corrected chi connectivity index (χ1v) is 5.63. The second kappa shape index (κ2) is 4.81. The molecule has 0 saturated carbocycles. The van der Waals surface area contributed by atoms with Crippen molar-refractivity contribution in [2.24, 2.45) is 5.92 Å². The molecule has 4 nitrogen and oxygen atoms in total. The maximum Gasteiger partial charge on any atom is 0.376 e. The molecular formula is C10H18BN3O. The number of aromatic nitrogens is 2. The summed E-state index contributed by atoms with van der Waals surface area (Å²) >= 11 is 0. The second-order valence-corrected chi connectivity index (χ2v) is 4.39. The van der Waals surface area contributed by atoms with Gasteiger partial charge in [0.1, 0.15) is 0 Å². The van der Waals surface area contributed by atoms with E-state index >= 15 is 0 Å². The van der Waals surface area contributed by atoms with Crippen LogP contribution in [0, 0.1) is 5.92 Å². The maximum absolute atomic E-state index is 9.53. The molecule has 1 aromatic rings. The summed E-state index contributed by atoms with van der Waals surface area (Å²) in [6, 6.07) is 0. The molecule has 0 aromatic carbocycles. The Labute approximate surface area is 91.1 Å². The van der Waals surface area contributed by atoms with Gasteiger partial charge in [0, 0.05) is 18.9 Å². The predicted octanol–water partition coefficient (Wildman–Crippen LogP) is 0.705. The zero-order valence-corrected chi connectivity index (χ0v) is 9.21. The normalized spacial score (nSPS) is 22.9. The molecule has 1 saturated heterocycles. The van der Waals surface area contributed by atoms with Gasteiger partial charge >= 0.3 is 7.05 Å². The van der Waals surface area contributed by atoms with Crippen LogP contribution in [0.4, 0.5) is 0 Å². The quantitative estimate of drug-likeness (QED) is 0.742. The van der Waals surface area contributed by atoms with E-state index < -0.39 is 0 Å². The molecule has 5 heteroatoms. The molecule has 1 aromatic heterocycles. The summed E-state index contributed by atoms with van der Waals surface area (Å²) in [5.41, 5.74) is 0. The van der Waals surface area contributed by atoms with Gasteiger partial charge in [-0.1, -0.05) is 0 Å². The van der Waals surface area contributed by atoms with Gasteiger partial charge in [0.25, 0.3) is 0 Å². The molecule has 1 aliphatic heterocycles. The molecule has 0 radical (unpaired) electrons. The van der Waals surface area contributed by atoms with Crippen molar-refractivity contribution in [1.29, 1.82) is 0 Å². The van der Waals surface area contributed by atoms with Gasteiger partial charge in [-0.05, 0) is 38.7 Å². The van der Waals surface area contributed by atoms with Crippen LogP contribution in [-0.2, 0) is 6.54 Å². The number of hydrogen-bond acceptors (Lipinski definition) is 3. The molecular weight excluding hydrogens is 189 g/mol. The lowest BCUT2D eigenvalue weighted by Gasteiger charge is -2.33. The Kier molecular flexibility index (Phi) is 3.43. The maximum atomic E-state index is 9.53. The Morgan fingerprint density at radius 2 is 2.47 bits per heavy atom. The zero-order valence-electron chi connectivity index (χ0n) is 9.21. The third-order valence-corrected chi connectivity index (χ3v) is 3.11. The second-order valence-electron chi connectivity index (χ2n) is 4.39. The SMILES string of the molecule is CB(O)N1CCC[C@@H](Cn2ccnc2)C1. The van der Waals surface area contributed by atoms with E-state index in [1.165, 1.54) is 12.8 Å². The Bertz CT molecular complexity index is 289. The first-order chi connectivity index (χ1) is 7.25. The van der Waals surface area contributed by atoms with E-state index in [0.717, 1.165) is 19.6 Å². The lowest BCUT2D eigenvalue weighted by atomic mass is 9.80. The molecule has 2 rings (SSSR count). The molecule has 1 N–H and O–H groups in total. The number of rotatable bonds is 3.